The lowest BCUT2D eigenvalue weighted by Crippen LogP contribution is -2.23. The third kappa shape index (κ3) is 4.95. The van der Waals surface area contributed by atoms with Crippen LogP contribution >= 0.6 is 0 Å². The second-order valence-electron chi connectivity index (χ2n) is 7.20. The molecule has 0 unspecified atom stereocenters. The van der Waals surface area contributed by atoms with E-state index in [-0.39, 0.29) is 30.2 Å². The molecule has 0 aliphatic carbocycles. The van der Waals surface area contributed by atoms with Crippen molar-refractivity contribution < 1.29 is 14.3 Å². The van der Waals surface area contributed by atoms with Gasteiger partial charge in [0.2, 0.25) is 17.8 Å². The molecule has 158 valence electrons. The first-order chi connectivity index (χ1) is 15.0. The van der Waals surface area contributed by atoms with Gasteiger partial charge in [0.1, 0.15) is 0 Å². The Bertz CT molecular complexity index is 1100. The minimum Gasteiger partial charge on any atom is -0.454 e. The molecule has 0 saturated carbocycles. The van der Waals surface area contributed by atoms with Gasteiger partial charge in [0.25, 0.3) is 0 Å². The number of aryl methyl sites for hydroxylation is 1. The van der Waals surface area contributed by atoms with Gasteiger partial charge in [-0.25, -0.2) is 4.79 Å². The molecular weight excluding hydrogens is 396 g/mol. The summed E-state index contributed by atoms with van der Waals surface area (Å²) in [5.74, 6) is 0.0937. The maximum Gasteiger partial charge on any atom is 0.338 e. The Morgan fingerprint density at radius 1 is 1.10 bits per heavy atom. The lowest BCUT2D eigenvalue weighted by Gasteiger charge is -2.15. The van der Waals surface area contributed by atoms with Crippen LogP contribution < -0.4 is 16.0 Å². The maximum atomic E-state index is 12.4. The van der Waals surface area contributed by atoms with Crippen LogP contribution in [0, 0.1) is 6.92 Å². The second kappa shape index (κ2) is 8.78. The lowest BCUT2D eigenvalue weighted by atomic mass is 10.2. The van der Waals surface area contributed by atoms with Gasteiger partial charge >= 0.3 is 5.97 Å². The fourth-order valence-electron chi connectivity index (χ4n) is 3.24. The molecule has 1 aromatic heterocycles. The fourth-order valence-corrected chi connectivity index (χ4v) is 3.24. The molecule has 31 heavy (non-hydrogen) atoms. The number of rotatable bonds is 6. The molecule has 1 amide bonds. The van der Waals surface area contributed by atoms with Gasteiger partial charge in [-0.05, 0) is 49.7 Å². The van der Waals surface area contributed by atoms with Crippen LogP contribution in [0.3, 0.4) is 0 Å². The first-order valence-corrected chi connectivity index (χ1v) is 9.89. The van der Waals surface area contributed by atoms with Crippen LogP contribution in [0.2, 0.25) is 0 Å². The van der Waals surface area contributed by atoms with E-state index >= 15 is 0 Å². The van der Waals surface area contributed by atoms with Crippen molar-refractivity contribution in [3.05, 3.63) is 65.5 Å². The summed E-state index contributed by atoms with van der Waals surface area (Å²) in [7, 11) is 0. The topological polar surface area (TPSA) is 123 Å². The van der Waals surface area contributed by atoms with Crippen molar-refractivity contribution in [3.8, 4) is 0 Å². The highest BCUT2D eigenvalue weighted by Gasteiger charge is 2.21. The average molecular weight is 418 g/mol. The molecule has 0 bridgehead atoms. The van der Waals surface area contributed by atoms with E-state index in [2.05, 4.69) is 20.3 Å². The van der Waals surface area contributed by atoms with Crippen molar-refractivity contribution in [2.45, 2.75) is 26.4 Å². The summed E-state index contributed by atoms with van der Waals surface area (Å²) in [6.45, 7) is 2.54. The minimum absolute atomic E-state index is 0.0234. The minimum atomic E-state index is -0.522. The van der Waals surface area contributed by atoms with Gasteiger partial charge in [-0.1, -0.05) is 17.7 Å². The molecule has 9 nitrogen and oxygen atoms in total. The highest BCUT2D eigenvalue weighted by Crippen LogP contribution is 2.22. The monoisotopic (exact) mass is 418 g/mol. The van der Waals surface area contributed by atoms with Gasteiger partial charge in [-0.2, -0.15) is 15.0 Å². The molecule has 0 radical (unpaired) electrons. The number of benzene rings is 2. The van der Waals surface area contributed by atoms with Crippen LogP contribution in [-0.4, -0.2) is 33.4 Å². The Labute approximate surface area is 179 Å². The zero-order valence-corrected chi connectivity index (χ0v) is 17.0. The van der Waals surface area contributed by atoms with Crippen LogP contribution in [0.4, 0.5) is 23.3 Å². The number of nitrogens with one attached hydrogen (secondary N) is 1. The first-order valence-electron chi connectivity index (χ1n) is 9.89. The number of nitrogens with zero attached hydrogens (tertiary/aromatic N) is 4. The number of amides is 1. The van der Waals surface area contributed by atoms with Crippen molar-refractivity contribution >= 4 is 35.1 Å². The number of ether oxygens (including phenoxy) is 1. The lowest BCUT2D eigenvalue weighted by molar-refractivity contribution is -0.117. The Morgan fingerprint density at radius 3 is 2.52 bits per heavy atom. The summed E-state index contributed by atoms with van der Waals surface area (Å²) < 4.78 is 5.32. The molecule has 0 spiro atoms. The Hall–Kier alpha value is -4.01. The summed E-state index contributed by atoms with van der Waals surface area (Å²) in [5.41, 5.74) is 8.85. The molecule has 9 heteroatoms. The van der Waals surface area contributed by atoms with Crippen molar-refractivity contribution in [1.82, 2.24) is 15.0 Å². The first kappa shape index (κ1) is 20.3. The predicted molar refractivity (Wildman–Crippen MR) is 116 cm³/mol. The number of nitrogen functional groups attached to an aromatic ring is 1. The molecule has 1 fully saturated rings. The van der Waals surface area contributed by atoms with Crippen molar-refractivity contribution in [1.29, 1.82) is 0 Å². The third-order valence-electron chi connectivity index (χ3n) is 4.83. The van der Waals surface area contributed by atoms with Gasteiger partial charge in [0.15, 0.2) is 12.4 Å². The Kier molecular flexibility index (Phi) is 5.74. The van der Waals surface area contributed by atoms with E-state index in [4.69, 9.17) is 10.5 Å². The standard InChI is InChI=1S/C22H22N6O3/c1-14-4-8-16(9-5-14)24-22-26-18(25-21(23)27-22)13-31-20(30)15-6-10-17(11-7-15)28-12-2-3-19(28)29/h4-11H,2-3,12-13H2,1H3,(H3,23,24,25,26,27). The average Bonchev–Trinajstić information content (AvgIpc) is 3.19. The Balaban J connectivity index is 1.39. The molecule has 4 rings (SSSR count). The number of hydrogen-bond donors (Lipinski definition) is 2. The van der Waals surface area contributed by atoms with Crippen LogP contribution in [0.25, 0.3) is 0 Å². The van der Waals surface area contributed by atoms with Gasteiger partial charge in [0, 0.05) is 24.3 Å². The summed E-state index contributed by atoms with van der Waals surface area (Å²) >= 11 is 0. The highest BCUT2D eigenvalue weighted by molar-refractivity contribution is 5.96. The molecule has 3 aromatic rings. The summed E-state index contributed by atoms with van der Waals surface area (Å²) in [6, 6.07) is 14.5. The van der Waals surface area contributed by atoms with Crippen LogP contribution in [0.15, 0.2) is 48.5 Å². The fraction of sp³-hybridized carbons (Fsp3) is 0.227. The SMILES string of the molecule is Cc1ccc(Nc2nc(N)nc(COC(=O)c3ccc(N4CCCC4=O)cc3)n2)cc1. The van der Waals surface area contributed by atoms with Crippen LogP contribution in [-0.2, 0) is 16.1 Å². The summed E-state index contributed by atoms with van der Waals surface area (Å²) in [4.78, 5) is 38.3. The maximum absolute atomic E-state index is 12.4. The zero-order valence-electron chi connectivity index (χ0n) is 17.0. The number of hydrogen-bond acceptors (Lipinski definition) is 8. The van der Waals surface area contributed by atoms with E-state index in [9.17, 15) is 9.59 Å². The zero-order chi connectivity index (χ0) is 21.8. The molecule has 3 N–H and O–H groups in total. The van der Waals surface area contributed by atoms with Gasteiger partial charge in [-0.3, -0.25) is 4.79 Å². The molecular formula is C22H22N6O3. The molecule has 2 aromatic carbocycles. The van der Waals surface area contributed by atoms with Crippen molar-refractivity contribution in [2.24, 2.45) is 0 Å². The largest absolute Gasteiger partial charge is 0.454 e. The Morgan fingerprint density at radius 2 is 1.84 bits per heavy atom. The van der Waals surface area contributed by atoms with E-state index in [1.807, 2.05) is 31.2 Å². The van der Waals surface area contributed by atoms with E-state index in [1.165, 1.54) is 0 Å². The molecule has 1 aliphatic heterocycles. The summed E-state index contributed by atoms with van der Waals surface area (Å²) in [5, 5.41) is 3.05. The highest BCUT2D eigenvalue weighted by atomic mass is 16.5. The quantitative estimate of drug-likeness (QED) is 0.586. The molecule has 0 atom stereocenters. The smallest absolute Gasteiger partial charge is 0.338 e. The van der Waals surface area contributed by atoms with E-state index in [1.54, 1.807) is 29.2 Å². The van der Waals surface area contributed by atoms with Gasteiger partial charge in [-0.15, -0.1) is 0 Å². The summed E-state index contributed by atoms with van der Waals surface area (Å²) in [6.07, 6.45) is 1.40. The third-order valence-corrected chi connectivity index (χ3v) is 4.83. The number of carbonyl (C=O) groups is 2. The number of nitrogens with two attached hydrogens (primary N) is 1. The van der Waals surface area contributed by atoms with Crippen LogP contribution in [0.1, 0.15) is 34.6 Å². The van der Waals surface area contributed by atoms with Crippen LogP contribution in [0.5, 0.6) is 0 Å². The number of aromatic nitrogens is 3. The van der Waals surface area contributed by atoms with Crippen molar-refractivity contribution in [3.63, 3.8) is 0 Å². The normalized spacial score (nSPS) is 13.3. The molecule has 2 heterocycles. The van der Waals surface area contributed by atoms with Gasteiger partial charge < -0.3 is 20.7 Å². The second-order valence-corrected chi connectivity index (χ2v) is 7.20. The number of anilines is 4. The number of carbonyl (C=O) groups excluding carboxylic acids is 2. The predicted octanol–water partition coefficient (Wildman–Crippen LogP) is 2.99. The van der Waals surface area contributed by atoms with E-state index < -0.39 is 5.97 Å². The number of esters is 1. The van der Waals surface area contributed by atoms with E-state index in [0.717, 1.165) is 23.4 Å². The molecule has 1 aliphatic rings. The van der Waals surface area contributed by atoms with Crippen molar-refractivity contribution in [2.75, 3.05) is 22.5 Å². The molecule has 1 saturated heterocycles. The van der Waals surface area contributed by atoms with Gasteiger partial charge in [0.05, 0.1) is 5.56 Å². The van der Waals surface area contributed by atoms with E-state index in [0.29, 0.717) is 18.5 Å².